The highest BCUT2D eigenvalue weighted by molar-refractivity contribution is 6.76. The molecule has 2 saturated heterocycles. The normalized spacial score (nSPS) is 18.1. The predicted octanol–water partition coefficient (Wildman–Crippen LogP) is 5.62. The van der Waals surface area contributed by atoms with Crippen molar-refractivity contribution in [1.29, 1.82) is 0 Å². The largest absolute Gasteiger partial charge is 0.444 e. The van der Waals surface area contributed by atoms with E-state index < -0.39 is 13.7 Å². The minimum Gasteiger partial charge on any atom is -0.444 e. The molecule has 3 heterocycles. The van der Waals surface area contributed by atoms with Gasteiger partial charge in [-0.25, -0.2) is 9.48 Å². The molecule has 2 amide bonds. The van der Waals surface area contributed by atoms with Crippen LogP contribution in [0.25, 0.3) is 11.1 Å². The number of nitrogens with zero attached hydrogens (tertiary/aromatic N) is 4. The molecule has 8 nitrogen and oxygen atoms in total. The van der Waals surface area contributed by atoms with Crippen LogP contribution in [0.1, 0.15) is 40.0 Å². The molecule has 4 rings (SSSR count). The van der Waals surface area contributed by atoms with Gasteiger partial charge in [-0.15, -0.1) is 0 Å². The molecule has 0 radical (unpaired) electrons. The SMILES string of the molecule is CC(C)(C)OC(=O)N1CCC2(CC1)CCN(c1ccc(-c3cnn(COCC[Si](C)(C)C)c3)cc1)C2=O. The summed E-state index contributed by atoms with van der Waals surface area (Å²) < 4.78 is 13.1. The van der Waals surface area contributed by atoms with Gasteiger partial charge in [0.2, 0.25) is 5.91 Å². The lowest BCUT2D eigenvalue weighted by molar-refractivity contribution is -0.128. The number of ether oxygens (including phenoxy) is 2. The molecule has 1 aromatic heterocycles. The molecule has 0 saturated carbocycles. The zero-order valence-corrected chi connectivity index (χ0v) is 24.2. The average molecular weight is 527 g/mol. The maximum absolute atomic E-state index is 13.5. The number of likely N-dealkylation sites (tertiary alicyclic amines) is 1. The minimum absolute atomic E-state index is 0.173. The van der Waals surface area contributed by atoms with Gasteiger partial charge in [-0.3, -0.25) is 4.79 Å². The monoisotopic (exact) mass is 526 g/mol. The van der Waals surface area contributed by atoms with Gasteiger partial charge in [0.15, 0.2) is 0 Å². The van der Waals surface area contributed by atoms with Crippen LogP contribution >= 0.6 is 0 Å². The summed E-state index contributed by atoms with van der Waals surface area (Å²) in [6, 6.07) is 9.27. The second kappa shape index (κ2) is 10.6. The van der Waals surface area contributed by atoms with Crippen molar-refractivity contribution in [3.8, 4) is 11.1 Å². The third kappa shape index (κ3) is 6.81. The summed E-state index contributed by atoms with van der Waals surface area (Å²) >= 11 is 0. The summed E-state index contributed by atoms with van der Waals surface area (Å²) in [6.45, 7) is 15.7. The number of hydrogen-bond acceptors (Lipinski definition) is 5. The van der Waals surface area contributed by atoms with Gasteiger partial charge in [0.05, 0.1) is 11.6 Å². The van der Waals surface area contributed by atoms with Crippen molar-refractivity contribution in [3.05, 3.63) is 36.7 Å². The Morgan fingerprint density at radius 2 is 1.68 bits per heavy atom. The Kier molecular flexibility index (Phi) is 7.85. The molecule has 0 N–H and O–H groups in total. The van der Waals surface area contributed by atoms with Gasteiger partial charge in [-0.05, 0) is 63.8 Å². The average Bonchev–Trinajstić information content (AvgIpc) is 3.41. The van der Waals surface area contributed by atoms with Gasteiger partial charge in [-0.1, -0.05) is 31.8 Å². The maximum atomic E-state index is 13.5. The standard InChI is InChI=1S/C28H42N4O4Si/c1-27(2,3)36-26(34)30-14-11-28(12-15-30)13-16-32(25(28)33)24-9-7-22(8-10-24)23-19-29-31(20-23)21-35-17-18-37(4,5)6/h7-10,19-20H,11-18,21H2,1-6H3. The Labute approximate surface area is 221 Å². The van der Waals surface area contributed by atoms with Crippen LogP contribution in [0, 0.1) is 5.41 Å². The fourth-order valence-corrected chi connectivity index (χ4v) is 5.68. The van der Waals surface area contributed by atoms with E-state index >= 15 is 0 Å². The highest BCUT2D eigenvalue weighted by atomic mass is 28.3. The number of amides is 2. The predicted molar refractivity (Wildman–Crippen MR) is 148 cm³/mol. The zero-order valence-electron chi connectivity index (χ0n) is 23.2. The molecule has 0 unspecified atom stereocenters. The van der Waals surface area contributed by atoms with Gasteiger partial charge in [0, 0.05) is 51.8 Å². The molecule has 0 bridgehead atoms. The molecular formula is C28H42N4O4Si. The van der Waals surface area contributed by atoms with Crippen LogP contribution in [0.4, 0.5) is 10.5 Å². The molecule has 9 heteroatoms. The first-order valence-corrected chi connectivity index (χ1v) is 17.1. The van der Waals surface area contributed by atoms with Crippen molar-refractivity contribution in [2.24, 2.45) is 5.41 Å². The van der Waals surface area contributed by atoms with Gasteiger partial charge in [0.1, 0.15) is 12.3 Å². The van der Waals surface area contributed by atoms with Crippen molar-refractivity contribution >= 4 is 25.8 Å². The summed E-state index contributed by atoms with van der Waals surface area (Å²) in [6.07, 6.45) is 5.74. The number of rotatable bonds is 7. The first kappa shape index (κ1) is 27.4. The molecule has 0 atom stereocenters. The number of anilines is 1. The summed E-state index contributed by atoms with van der Waals surface area (Å²) in [4.78, 5) is 29.6. The molecule has 2 aromatic rings. The molecule has 2 fully saturated rings. The number of benzene rings is 1. The van der Waals surface area contributed by atoms with Crippen molar-refractivity contribution in [2.45, 2.75) is 78.1 Å². The first-order valence-electron chi connectivity index (χ1n) is 13.4. The van der Waals surface area contributed by atoms with Crippen molar-refractivity contribution < 1.29 is 19.1 Å². The highest BCUT2D eigenvalue weighted by Gasteiger charge is 2.49. The maximum Gasteiger partial charge on any atom is 0.410 e. The highest BCUT2D eigenvalue weighted by Crippen LogP contribution is 2.43. The van der Waals surface area contributed by atoms with E-state index in [2.05, 4.69) is 24.7 Å². The summed E-state index contributed by atoms with van der Waals surface area (Å²) in [5.41, 5.74) is 2.11. The van der Waals surface area contributed by atoms with E-state index in [9.17, 15) is 9.59 Å². The Hall–Kier alpha value is -2.65. The Morgan fingerprint density at radius 3 is 2.30 bits per heavy atom. The Morgan fingerprint density at radius 1 is 1.03 bits per heavy atom. The summed E-state index contributed by atoms with van der Waals surface area (Å²) in [5, 5.41) is 4.44. The van der Waals surface area contributed by atoms with Gasteiger partial charge in [0.25, 0.3) is 0 Å². The fourth-order valence-electron chi connectivity index (χ4n) is 4.93. The first-order chi connectivity index (χ1) is 17.4. The zero-order chi connectivity index (χ0) is 26.8. The number of piperidine rings is 1. The fraction of sp³-hybridized carbons (Fsp3) is 0.607. The second-order valence-electron chi connectivity index (χ2n) is 12.6. The van der Waals surface area contributed by atoms with Crippen molar-refractivity contribution in [3.63, 3.8) is 0 Å². The number of carbonyl (C=O) groups excluding carboxylic acids is 2. The van der Waals surface area contributed by atoms with Crippen LogP contribution in [0.5, 0.6) is 0 Å². The topological polar surface area (TPSA) is 76.9 Å². The van der Waals surface area contributed by atoms with Crippen LogP contribution < -0.4 is 4.90 Å². The Bertz CT molecular complexity index is 1090. The summed E-state index contributed by atoms with van der Waals surface area (Å²) in [5.74, 6) is 0.173. The molecule has 2 aliphatic heterocycles. The molecule has 1 aromatic carbocycles. The van der Waals surface area contributed by atoms with Gasteiger partial charge >= 0.3 is 6.09 Å². The molecule has 202 valence electrons. The van der Waals surface area contributed by atoms with Gasteiger partial charge < -0.3 is 19.3 Å². The van der Waals surface area contributed by atoms with E-state index in [4.69, 9.17) is 9.47 Å². The van der Waals surface area contributed by atoms with Crippen LogP contribution in [0.3, 0.4) is 0 Å². The third-order valence-corrected chi connectivity index (χ3v) is 8.95. The number of carbonyl (C=O) groups is 2. The second-order valence-corrected chi connectivity index (χ2v) is 18.2. The lowest BCUT2D eigenvalue weighted by atomic mass is 9.77. The van der Waals surface area contributed by atoms with E-state index in [1.54, 1.807) is 4.90 Å². The van der Waals surface area contributed by atoms with Crippen LogP contribution in [0.2, 0.25) is 25.7 Å². The van der Waals surface area contributed by atoms with Crippen molar-refractivity contribution in [1.82, 2.24) is 14.7 Å². The lowest BCUT2D eigenvalue weighted by Crippen LogP contribution is -2.48. The van der Waals surface area contributed by atoms with Crippen LogP contribution in [-0.4, -0.2) is 66.6 Å². The van der Waals surface area contributed by atoms with E-state index in [1.807, 2.05) is 67.0 Å². The lowest BCUT2D eigenvalue weighted by Gasteiger charge is -2.38. The summed E-state index contributed by atoms with van der Waals surface area (Å²) in [7, 11) is -1.10. The molecule has 2 aliphatic rings. The van der Waals surface area contributed by atoms with E-state index in [1.165, 1.54) is 0 Å². The van der Waals surface area contributed by atoms with E-state index in [-0.39, 0.29) is 17.4 Å². The van der Waals surface area contributed by atoms with Crippen LogP contribution in [-0.2, 0) is 21.0 Å². The van der Waals surface area contributed by atoms with E-state index in [0.29, 0.717) is 39.2 Å². The molecular weight excluding hydrogens is 484 g/mol. The number of hydrogen-bond donors (Lipinski definition) is 0. The quantitative estimate of drug-likeness (QED) is 0.346. The van der Waals surface area contributed by atoms with Crippen LogP contribution in [0.15, 0.2) is 36.7 Å². The molecule has 0 aliphatic carbocycles. The van der Waals surface area contributed by atoms with Gasteiger partial charge in [-0.2, -0.15) is 5.10 Å². The molecule has 1 spiro atoms. The smallest absolute Gasteiger partial charge is 0.410 e. The minimum atomic E-state index is -1.10. The Balaban J connectivity index is 1.32. The van der Waals surface area contributed by atoms with Crippen molar-refractivity contribution in [2.75, 3.05) is 31.1 Å². The van der Waals surface area contributed by atoms with E-state index in [0.717, 1.165) is 35.9 Å². The molecule has 37 heavy (non-hydrogen) atoms. The number of aromatic nitrogens is 2. The third-order valence-electron chi connectivity index (χ3n) is 7.25.